The highest BCUT2D eigenvalue weighted by molar-refractivity contribution is 7.86. The molecule has 6 heteroatoms. The molecule has 0 heterocycles. The number of rotatable bonds is 9. The lowest BCUT2D eigenvalue weighted by Crippen LogP contribution is -2.71. The Labute approximate surface area is 120 Å². The number of thiol groups is 1. The van der Waals surface area contributed by atoms with Gasteiger partial charge in [-0.3, -0.25) is 0 Å². The van der Waals surface area contributed by atoms with Crippen LogP contribution in [0.2, 0.25) is 19.6 Å². The second kappa shape index (κ2) is 7.45. The Morgan fingerprint density at radius 3 is 1.33 bits per heavy atom. The quantitative estimate of drug-likeness (QED) is 0.521. The van der Waals surface area contributed by atoms with Crippen LogP contribution in [0.1, 0.15) is 34.1 Å². The van der Waals surface area contributed by atoms with E-state index in [0.717, 1.165) is 6.42 Å². The van der Waals surface area contributed by atoms with Gasteiger partial charge in [0.05, 0.1) is 12.1 Å². The summed E-state index contributed by atoms with van der Waals surface area (Å²) in [6.07, 6.45) is 0.915. The third-order valence-electron chi connectivity index (χ3n) is 3.26. The van der Waals surface area contributed by atoms with Crippen molar-refractivity contribution < 1.29 is 13.3 Å². The molecule has 0 amide bonds. The van der Waals surface area contributed by atoms with Crippen molar-refractivity contribution in [1.29, 1.82) is 0 Å². The molecule has 0 aromatic rings. The number of hydrogen-bond acceptors (Lipinski definition) is 4. The van der Waals surface area contributed by atoms with Crippen molar-refractivity contribution in [3.8, 4) is 0 Å². The van der Waals surface area contributed by atoms with E-state index >= 15 is 0 Å². The molecule has 0 aliphatic rings. The number of hydrogen-bond donors (Lipinski definition) is 1. The van der Waals surface area contributed by atoms with Crippen molar-refractivity contribution in [1.82, 2.24) is 0 Å². The summed E-state index contributed by atoms with van der Waals surface area (Å²) in [4.78, 5) is 0. The van der Waals surface area contributed by atoms with Gasteiger partial charge < -0.3 is 13.3 Å². The zero-order valence-corrected chi connectivity index (χ0v) is 15.9. The molecule has 0 saturated carbocycles. The average molecular weight is 311 g/mol. The predicted molar refractivity (Wildman–Crippen MR) is 86.0 cm³/mol. The minimum atomic E-state index is -2.76. The molecule has 0 rings (SSSR count). The smallest absolute Gasteiger partial charge is 0.373 e. The second-order valence-electron chi connectivity index (χ2n) is 5.32. The Balaban J connectivity index is 5.60. The van der Waals surface area contributed by atoms with Crippen LogP contribution in [0.15, 0.2) is 0 Å². The molecule has 110 valence electrons. The van der Waals surface area contributed by atoms with Gasteiger partial charge in [0, 0.05) is 19.8 Å². The van der Waals surface area contributed by atoms with Crippen LogP contribution < -0.4 is 0 Å². The summed E-state index contributed by atoms with van der Waals surface area (Å²) in [6.45, 7) is 16.9. The summed E-state index contributed by atoms with van der Waals surface area (Å²) < 4.78 is 17.9. The van der Waals surface area contributed by atoms with E-state index in [2.05, 4.69) is 26.6 Å². The van der Waals surface area contributed by atoms with Gasteiger partial charge in [0.2, 0.25) is 0 Å². The van der Waals surface area contributed by atoms with E-state index < -0.39 is 16.9 Å². The Morgan fingerprint density at radius 2 is 1.17 bits per heavy atom. The molecule has 0 N–H and O–H groups in total. The van der Waals surface area contributed by atoms with Crippen LogP contribution >= 0.6 is 12.6 Å². The summed E-state index contributed by atoms with van der Waals surface area (Å²) in [6, 6.07) is 0. The van der Waals surface area contributed by atoms with Crippen molar-refractivity contribution >= 4 is 29.5 Å². The zero-order chi connectivity index (χ0) is 14.4. The Bertz CT molecular complexity index is 229. The van der Waals surface area contributed by atoms with Crippen LogP contribution in [-0.2, 0) is 13.3 Å². The first-order valence-corrected chi connectivity index (χ1v) is 12.6. The molecule has 0 spiro atoms. The molecule has 0 fully saturated rings. The maximum Gasteiger partial charge on any atom is 0.514 e. The summed E-state index contributed by atoms with van der Waals surface area (Å²) >= 11 is 5.03. The van der Waals surface area contributed by atoms with E-state index in [1.807, 2.05) is 20.8 Å². The van der Waals surface area contributed by atoms with Gasteiger partial charge in [0.1, 0.15) is 0 Å². The molecule has 0 radical (unpaired) electrons. The summed E-state index contributed by atoms with van der Waals surface area (Å²) in [7, 11) is -4.37. The highest BCUT2D eigenvalue weighted by Gasteiger charge is 2.63. The van der Waals surface area contributed by atoms with Crippen molar-refractivity contribution in [3.05, 3.63) is 0 Å². The SMILES string of the molecule is CCO[Si](OCC)(OCC)[C@](S)(CC)[Si](C)(C)C. The van der Waals surface area contributed by atoms with Crippen molar-refractivity contribution in [2.75, 3.05) is 19.8 Å². The van der Waals surface area contributed by atoms with E-state index in [9.17, 15) is 0 Å². The van der Waals surface area contributed by atoms with Gasteiger partial charge in [0.15, 0.2) is 0 Å². The average Bonchev–Trinajstić information content (AvgIpc) is 2.27. The molecule has 18 heavy (non-hydrogen) atoms. The highest BCUT2D eigenvalue weighted by atomic mass is 32.1. The normalized spacial score (nSPS) is 16.7. The van der Waals surface area contributed by atoms with E-state index in [4.69, 9.17) is 25.9 Å². The molecule has 1 atom stereocenters. The third-order valence-corrected chi connectivity index (χ3v) is 15.8. The van der Waals surface area contributed by atoms with Crippen molar-refractivity contribution in [2.24, 2.45) is 0 Å². The van der Waals surface area contributed by atoms with E-state index in [-0.39, 0.29) is 3.99 Å². The van der Waals surface area contributed by atoms with E-state index in [0.29, 0.717) is 19.8 Å². The van der Waals surface area contributed by atoms with Crippen molar-refractivity contribution in [3.63, 3.8) is 0 Å². The van der Waals surface area contributed by atoms with Crippen LogP contribution in [0.4, 0.5) is 0 Å². The predicted octanol–water partition coefficient (Wildman–Crippen LogP) is 3.53. The lowest BCUT2D eigenvalue weighted by molar-refractivity contribution is 0.0646. The first kappa shape index (κ1) is 18.7. The minimum absolute atomic E-state index is 0.248. The van der Waals surface area contributed by atoms with Gasteiger partial charge in [-0.2, -0.15) is 12.6 Å². The van der Waals surface area contributed by atoms with E-state index in [1.165, 1.54) is 0 Å². The molecule has 0 aromatic heterocycles. The lowest BCUT2D eigenvalue weighted by Gasteiger charge is -2.48. The summed E-state index contributed by atoms with van der Waals surface area (Å²) in [5.74, 6) is 0. The molecule has 0 bridgehead atoms. The van der Waals surface area contributed by atoms with Crippen LogP contribution in [0.5, 0.6) is 0 Å². The Morgan fingerprint density at radius 1 is 0.833 bits per heavy atom. The maximum absolute atomic E-state index is 6.05. The Kier molecular flexibility index (Phi) is 7.72. The molecule has 0 saturated heterocycles. The first-order chi connectivity index (χ1) is 8.24. The van der Waals surface area contributed by atoms with Crippen molar-refractivity contribution in [2.45, 2.75) is 57.8 Å². The van der Waals surface area contributed by atoms with Gasteiger partial charge in [0.25, 0.3) is 0 Å². The minimum Gasteiger partial charge on any atom is -0.373 e. The summed E-state index contributed by atoms with van der Waals surface area (Å²) in [5.41, 5.74) is 0. The lowest BCUT2D eigenvalue weighted by atomic mass is 10.6. The molecule has 0 aliphatic heterocycles. The molecule has 0 unspecified atom stereocenters. The topological polar surface area (TPSA) is 27.7 Å². The largest absolute Gasteiger partial charge is 0.514 e. The molecule has 0 aromatic carbocycles. The molecule has 0 aliphatic carbocycles. The Hall–Kier alpha value is 0.664. The first-order valence-electron chi connectivity index (χ1n) is 6.88. The maximum atomic E-state index is 6.05. The van der Waals surface area contributed by atoms with Gasteiger partial charge in [-0.1, -0.05) is 26.6 Å². The standard InChI is InChI=1S/C12H30O3SSi2/c1-8-12(16,17(5,6)7)18(13-9-2,14-10-3)15-11-4/h16H,8-11H2,1-7H3/t12-/m0/s1. The fourth-order valence-corrected chi connectivity index (χ4v) is 10.8. The highest BCUT2D eigenvalue weighted by Crippen LogP contribution is 2.41. The van der Waals surface area contributed by atoms with Gasteiger partial charge in [-0.05, 0) is 27.2 Å². The zero-order valence-electron chi connectivity index (χ0n) is 13.0. The molecular weight excluding hydrogens is 280 g/mol. The second-order valence-corrected chi connectivity index (χ2v) is 15.6. The van der Waals surface area contributed by atoms with Gasteiger partial charge in [-0.25, -0.2) is 0 Å². The molecule has 3 nitrogen and oxygen atoms in total. The van der Waals surface area contributed by atoms with Gasteiger partial charge in [-0.15, -0.1) is 0 Å². The monoisotopic (exact) mass is 310 g/mol. The van der Waals surface area contributed by atoms with E-state index in [1.54, 1.807) is 0 Å². The van der Waals surface area contributed by atoms with Crippen LogP contribution in [0, 0.1) is 0 Å². The van der Waals surface area contributed by atoms with Gasteiger partial charge >= 0.3 is 8.80 Å². The van der Waals surface area contributed by atoms with Crippen LogP contribution in [0.3, 0.4) is 0 Å². The third kappa shape index (κ3) is 3.61. The summed E-state index contributed by atoms with van der Waals surface area (Å²) in [5, 5.41) is 0. The van der Waals surface area contributed by atoms with Crippen LogP contribution in [-0.4, -0.2) is 40.7 Å². The molecular formula is C12H30O3SSi2. The fraction of sp³-hybridized carbons (Fsp3) is 1.00. The van der Waals surface area contributed by atoms with Crippen LogP contribution in [0.25, 0.3) is 0 Å². The fourth-order valence-electron chi connectivity index (χ4n) is 2.26.